The number of hydrogen-bond donors (Lipinski definition) is 1. The zero-order valence-corrected chi connectivity index (χ0v) is 9.24. The lowest BCUT2D eigenvalue weighted by Crippen LogP contribution is -2.05. The lowest BCUT2D eigenvalue weighted by atomic mass is 10.1. The average molecular weight is 254 g/mol. The molecule has 0 saturated heterocycles. The molecule has 2 N–H and O–H groups in total. The van der Waals surface area contributed by atoms with E-state index in [1.165, 1.54) is 6.07 Å². The molecule has 0 bridgehead atoms. The maximum absolute atomic E-state index is 13.1. The second-order valence-electron chi connectivity index (χ2n) is 3.39. The maximum atomic E-state index is 13.1. The molecular formula is C11H8F2N2O3. The molecule has 0 spiro atoms. The molecule has 0 amide bonds. The van der Waals surface area contributed by atoms with Gasteiger partial charge in [0.05, 0.1) is 7.11 Å². The molecule has 0 aliphatic heterocycles. The van der Waals surface area contributed by atoms with Crippen LogP contribution in [-0.4, -0.2) is 18.2 Å². The van der Waals surface area contributed by atoms with Gasteiger partial charge in [0.25, 0.3) is 0 Å². The summed E-state index contributed by atoms with van der Waals surface area (Å²) in [6, 6.07) is 3.05. The second kappa shape index (κ2) is 4.44. The predicted molar refractivity (Wildman–Crippen MR) is 57.6 cm³/mol. The number of benzene rings is 1. The highest BCUT2D eigenvalue weighted by atomic mass is 19.2. The quantitative estimate of drug-likeness (QED) is 0.829. The van der Waals surface area contributed by atoms with Crippen LogP contribution in [0.3, 0.4) is 0 Å². The molecule has 2 rings (SSSR count). The fourth-order valence-corrected chi connectivity index (χ4v) is 1.44. The number of ether oxygens (including phenoxy) is 1. The summed E-state index contributed by atoms with van der Waals surface area (Å²) in [5.41, 5.74) is 5.46. The number of rotatable bonds is 2. The van der Waals surface area contributed by atoms with E-state index in [1.54, 1.807) is 0 Å². The van der Waals surface area contributed by atoms with Gasteiger partial charge in [-0.2, -0.15) is 0 Å². The van der Waals surface area contributed by atoms with Crippen LogP contribution >= 0.6 is 0 Å². The van der Waals surface area contributed by atoms with Crippen molar-refractivity contribution in [1.82, 2.24) is 5.16 Å². The third-order valence-corrected chi connectivity index (χ3v) is 2.30. The van der Waals surface area contributed by atoms with Crippen molar-refractivity contribution in [2.45, 2.75) is 0 Å². The number of aromatic nitrogens is 1. The van der Waals surface area contributed by atoms with Crippen molar-refractivity contribution in [2.75, 3.05) is 12.8 Å². The molecule has 0 fully saturated rings. The van der Waals surface area contributed by atoms with Crippen LogP contribution < -0.4 is 5.73 Å². The van der Waals surface area contributed by atoms with Gasteiger partial charge >= 0.3 is 5.97 Å². The number of halogens is 2. The van der Waals surface area contributed by atoms with Gasteiger partial charge in [-0.25, -0.2) is 13.6 Å². The Morgan fingerprint density at radius 3 is 2.72 bits per heavy atom. The van der Waals surface area contributed by atoms with Gasteiger partial charge in [-0.05, 0) is 18.2 Å². The Balaban J connectivity index is 2.57. The van der Waals surface area contributed by atoms with E-state index in [1.807, 2.05) is 0 Å². The van der Waals surface area contributed by atoms with Crippen molar-refractivity contribution in [1.29, 1.82) is 0 Å². The van der Waals surface area contributed by atoms with E-state index in [0.717, 1.165) is 19.2 Å². The summed E-state index contributed by atoms with van der Waals surface area (Å²) in [6.45, 7) is 0. The van der Waals surface area contributed by atoms with Crippen molar-refractivity contribution < 1.29 is 22.8 Å². The molecule has 0 radical (unpaired) electrons. The number of nitrogen functional groups attached to an aromatic ring is 1. The summed E-state index contributed by atoms with van der Waals surface area (Å²) in [7, 11) is 1.16. The minimum Gasteiger partial charge on any atom is -0.465 e. The number of anilines is 1. The zero-order chi connectivity index (χ0) is 13.3. The Morgan fingerprint density at radius 2 is 2.11 bits per heavy atom. The smallest absolute Gasteiger partial charge is 0.345 e. The van der Waals surface area contributed by atoms with Crippen molar-refractivity contribution in [3.8, 4) is 11.3 Å². The monoisotopic (exact) mass is 254 g/mol. The number of carbonyl (C=O) groups excluding carboxylic acids is 1. The number of methoxy groups -OCH3 is 1. The Kier molecular flexibility index (Phi) is 2.97. The summed E-state index contributed by atoms with van der Waals surface area (Å²) >= 11 is 0. The third-order valence-electron chi connectivity index (χ3n) is 2.30. The molecular weight excluding hydrogens is 246 g/mol. The lowest BCUT2D eigenvalue weighted by Gasteiger charge is -2.01. The van der Waals surface area contributed by atoms with Crippen LogP contribution in [0.1, 0.15) is 10.4 Å². The van der Waals surface area contributed by atoms with Gasteiger partial charge in [0.15, 0.2) is 17.2 Å². The van der Waals surface area contributed by atoms with Crippen molar-refractivity contribution in [3.05, 3.63) is 35.4 Å². The molecule has 1 aromatic heterocycles. The molecule has 0 aliphatic carbocycles. The molecule has 1 heterocycles. The van der Waals surface area contributed by atoms with E-state index >= 15 is 0 Å². The van der Waals surface area contributed by atoms with E-state index in [2.05, 4.69) is 14.4 Å². The van der Waals surface area contributed by atoms with Gasteiger partial charge in [0.1, 0.15) is 5.69 Å². The van der Waals surface area contributed by atoms with Crippen molar-refractivity contribution in [2.24, 2.45) is 0 Å². The van der Waals surface area contributed by atoms with Crippen molar-refractivity contribution in [3.63, 3.8) is 0 Å². The maximum Gasteiger partial charge on any atom is 0.345 e. The summed E-state index contributed by atoms with van der Waals surface area (Å²) in [5.74, 6) is -3.09. The molecule has 18 heavy (non-hydrogen) atoms. The average Bonchev–Trinajstić information content (AvgIpc) is 2.74. The van der Waals surface area contributed by atoms with E-state index in [9.17, 15) is 13.6 Å². The van der Waals surface area contributed by atoms with Crippen LogP contribution in [0.2, 0.25) is 0 Å². The van der Waals surface area contributed by atoms with E-state index in [0.29, 0.717) is 0 Å². The third kappa shape index (κ3) is 1.90. The van der Waals surface area contributed by atoms with Gasteiger partial charge in [-0.1, -0.05) is 5.16 Å². The largest absolute Gasteiger partial charge is 0.465 e. The topological polar surface area (TPSA) is 78.3 Å². The fraction of sp³-hybridized carbons (Fsp3) is 0.0909. The SMILES string of the molecule is COC(=O)c1c(-c2ccc(F)c(F)c2)noc1N. The summed E-state index contributed by atoms with van der Waals surface area (Å²) in [6.07, 6.45) is 0. The molecule has 0 atom stereocenters. The van der Waals surface area contributed by atoms with Gasteiger partial charge in [0, 0.05) is 5.56 Å². The first-order valence-electron chi connectivity index (χ1n) is 4.83. The number of esters is 1. The van der Waals surface area contributed by atoms with Gasteiger partial charge in [-0.15, -0.1) is 0 Å². The van der Waals surface area contributed by atoms with Gasteiger partial charge in [0.2, 0.25) is 5.88 Å². The van der Waals surface area contributed by atoms with E-state index in [4.69, 9.17) is 5.73 Å². The molecule has 0 saturated carbocycles. The van der Waals surface area contributed by atoms with E-state index in [-0.39, 0.29) is 22.7 Å². The van der Waals surface area contributed by atoms with Crippen molar-refractivity contribution >= 4 is 11.9 Å². The Morgan fingerprint density at radius 1 is 1.39 bits per heavy atom. The van der Waals surface area contributed by atoms with Crippen LogP contribution in [0.4, 0.5) is 14.7 Å². The first-order chi connectivity index (χ1) is 8.54. The first-order valence-corrected chi connectivity index (χ1v) is 4.83. The molecule has 0 aliphatic rings. The fourth-order valence-electron chi connectivity index (χ4n) is 1.44. The molecule has 1 aromatic carbocycles. The first kappa shape index (κ1) is 12.0. The minimum atomic E-state index is -1.06. The molecule has 5 nitrogen and oxygen atoms in total. The second-order valence-corrected chi connectivity index (χ2v) is 3.39. The van der Waals surface area contributed by atoms with Crippen LogP contribution in [0.25, 0.3) is 11.3 Å². The summed E-state index contributed by atoms with van der Waals surface area (Å²) < 4.78 is 35.1. The highest BCUT2D eigenvalue weighted by Crippen LogP contribution is 2.28. The molecule has 7 heteroatoms. The van der Waals surface area contributed by atoms with E-state index < -0.39 is 17.6 Å². The Labute approximate surface area is 100 Å². The standard InChI is InChI=1S/C11H8F2N2O3/c1-17-11(16)8-9(15-18-10(8)14)5-2-3-6(12)7(13)4-5/h2-4H,14H2,1H3. The van der Waals surface area contributed by atoms with Crippen LogP contribution in [0.5, 0.6) is 0 Å². The number of nitrogens with two attached hydrogens (primary N) is 1. The van der Waals surface area contributed by atoms with Crippen LogP contribution in [-0.2, 0) is 4.74 Å². The molecule has 2 aromatic rings. The van der Waals surface area contributed by atoms with Crippen LogP contribution in [0, 0.1) is 11.6 Å². The Hall–Kier alpha value is -2.44. The number of nitrogens with zero attached hydrogens (tertiary/aromatic N) is 1. The summed E-state index contributed by atoms with van der Waals surface area (Å²) in [4.78, 5) is 11.5. The number of carbonyl (C=O) groups is 1. The van der Waals surface area contributed by atoms with Gasteiger partial charge < -0.3 is 15.0 Å². The number of hydrogen-bond acceptors (Lipinski definition) is 5. The molecule has 94 valence electrons. The molecule has 0 unspecified atom stereocenters. The Bertz CT molecular complexity index is 610. The van der Waals surface area contributed by atoms with Crippen LogP contribution in [0.15, 0.2) is 22.7 Å². The normalized spacial score (nSPS) is 10.4. The predicted octanol–water partition coefficient (Wildman–Crippen LogP) is 1.99. The highest BCUT2D eigenvalue weighted by Gasteiger charge is 2.23. The highest BCUT2D eigenvalue weighted by molar-refractivity contribution is 6.00. The lowest BCUT2D eigenvalue weighted by molar-refractivity contribution is 0.0602. The van der Waals surface area contributed by atoms with Gasteiger partial charge in [-0.3, -0.25) is 0 Å². The zero-order valence-electron chi connectivity index (χ0n) is 9.24. The summed E-state index contributed by atoms with van der Waals surface area (Å²) in [5, 5.41) is 3.54. The minimum absolute atomic E-state index is 0.00162.